The molecule has 0 aromatic heterocycles. The molecule has 1 rings (SSSR count). The number of para-hydroxylation sites is 1. The highest BCUT2D eigenvalue weighted by Crippen LogP contribution is 2.46. The molecule has 0 unspecified atom stereocenters. The first kappa shape index (κ1) is 15.2. The monoisotopic (exact) mass is 298 g/mol. The molecule has 0 saturated carbocycles. The van der Waals surface area contributed by atoms with Crippen molar-refractivity contribution in [1.29, 1.82) is 0 Å². The number of quaternary nitrogens is 1. The number of carbonyl (C=O) groups is 1. The summed E-state index contributed by atoms with van der Waals surface area (Å²) in [6.45, 7) is 0. The maximum Gasteiger partial charge on any atom is 0.543 e. The number of hydrogen-bond donors (Lipinski definition) is 1. The summed E-state index contributed by atoms with van der Waals surface area (Å²) in [5.41, 5.74) is -1.23. The Balaban J connectivity index is 3.52. The number of carboxylic acid groups (broad SMARTS) is 1. The third-order valence-electron chi connectivity index (χ3n) is 2.29. The van der Waals surface area contributed by atoms with Crippen molar-refractivity contribution in [2.24, 2.45) is 0 Å². The van der Waals surface area contributed by atoms with E-state index in [4.69, 9.17) is 0 Å². The Labute approximate surface area is 111 Å². The van der Waals surface area contributed by atoms with Crippen molar-refractivity contribution in [3.05, 3.63) is 29.8 Å². The zero-order valence-corrected chi connectivity index (χ0v) is 11.2. The van der Waals surface area contributed by atoms with Crippen LogP contribution < -0.4 is 3.29 Å². The average molecular weight is 298 g/mol. The van der Waals surface area contributed by atoms with Gasteiger partial charge in [0.2, 0.25) is 0 Å². The van der Waals surface area contributed by atoms with E-state index >= 15 is 0 Å². The minimum atomic E-state index is -4.58. The molecular weight excluding hydrogens is 287 g/mol. The van der Waals surface area contributed by atoms with Crippen LogP contribution in [0.4, 0.5) is 23.7 Å². The lowest BCUT2D eigenvalue weighted by Crippen LogP contribution is -2.40. The molecule has 18 heavy (non-hydrogen) atoms. The largest absolute Gasteiger partial charge is 0.543 e. The van der Waals surface area contributed by atoms with E-state index in [0.29, 0.717) is 0 Å². The van der Waals surface area contributed by atoms with E-state index in [1.807, 2.05) is 0 Å². The molecular formula is C10H11F3NO2S2+. The molecule has 1 amide bonds. The Morgan fingerprint density at radius 2 is 1.72 bits per heavy atom. The van der Waals surface area contributed by atoms with Gasteiger partial charge in [0.05, 0.1) is 0 Å². The van der Waals surface area contributed by atoms with Crippen molar-refractivity contribution >= 4 is 35.7 Å². The van der Waals surface area contributed by atoms with Crippen LogP contribution in [-0.4, -0.2) is 23.7 Å². The summed E-state index contributed by atoms with van der Waals surface area (Å²) in [6, 6.07) is 4.71. The number of halogens is 3. The summed E-state index contributed by atoms with van der Waals surface area (Å²) < 4.78 is 37.8. The number of amides is 1. The van der Waals surface area contributed by atoms with E-state index in [2.05, 4.69) is 0 Å². The Bertz CT molecular complexity index is 447. The van der Waals surface area contributed by atoms with Crippen LogP contribution in [0, 0.1) is 0 Å². The molecule has 1 aromatic rings. The van der Waals surface area contributed by atoms with Crippen molar-refractivity contribution in [1.82, 2.24) is 3.29 Å². The van der Waals surface area contributed by atoms with E-state index in [0.717, 1.165) is 30.0 Å². The predicted molar refractivity (Wildman–Crippen MR) is 68.3 cm³/mol. The highest BCUT2D eigenvalue weighted by molar-refractivity contribution is 8.15. The minimum Gasteiger partial charge on any atom is -0.434 e. The SMILES string of the molecule is CS[N+](SC)(C(=O)O)c1ccccc1C(F)(F)F. The molecule has 0 aliphatic heterocycles. The van der Waals surface area contributed by atoms with Crippen molar-refractivity contribution in [2.75, 3.05) is 12.5 Å². The second-order valence-electron chi connectivity index (χ2n) is 3.21. The van der Waals surface area contributed by atoms with Gasteiger partial charge in [-0.15, -0.1) is 0 Å². The fraction of sp³-hybridized carbons (Fsp3) is 0.300. The Kier molecular flexibility index (Phi) is 4.57. The van der Waals surface area contributed by atoms with Crippen molar-refractivity contribution < 1.29 is 23.1 Å². The van der Waals surface area contributed by atoms with Gasteiger partial charge in [-0.25, -0.2) is 0 Å². The number of rotatable bonds is 3. The van der Waals surface area contributed by atoms with Crippen molar-refractivity contribution in [3.8, 4) is 0 Å². The molecule has 0 spiro atoms. The van der Waals surface area contributed by atoms with Gasteiger partial charge in [0.15, 0.2) is 5.69 Å². The standard InChI is InChI=1S/C10H10F3NO2S2/c1-17-14(18-2,9(15)16)8-6-4-3-5-7(8)10(11,12)13/h3-6H,1-2H3/p+1. The number of hydrogen-bond acceptors (Lipinski definition) is 3. The molecule has 0 heterocycles. The Morgan fingerprint density at radius 3 is 2.11 bits per heavy atom. The van der Waals surface area contributed by atoms with Gasteiger partial charge in [-0.1, -0.05) is 15.4 Å². The predicted octanol–water partition coefficient (Wildman–Crippen LogP) is 4.25. The lowest BCUT2D eigenvalue weighted by Gasteiger charge is -2.26. The van der Waals surface area contributed by atoms with Gasteiger partial charge in [0, 0.05) is 18.6 Å². The first-order chi connectivity index (χ1) is 8.29. The summed E-state index contributed by atoms with van der Waals surface area (Å²) in [5.74, 6) is 0. The maximum atomic E-state index is 12.9. The minimum absolute atomic E-state index is 0.294. The first-order valence-electron chi connectivity index (χ1n) is 4.70. The zero-order valence-electron chi connectivity index (χ0n) is 9.56. The van der Waals surface area contributed by atoms with Crippen LogP contribution in [0.15, 0.2) is 24.3 Å². The van der Waals surface area contributed by atoms with Gasteiger partial charge in [-0.3, -0.25) is 0 Å². The zero-order chi connectivity index (χ0) is 14.0. The Hall–Kier alpha value is -0.860. The lowest BCUT2D eigenvalue weighted by molar-refractivity contribution is -0.137. The molecule has 0 saturated heterocycles. The van der Waals surface area contributed by atoms with Gasteiger partial charge in [0.1, 0.15) is 29.5 Å². The maximum absolute atomic E-state index is 12.9. The van der Waals surface area contributed by atoms with Gasteiger partial charge < -0.3 is 5.11 Å². The van der Waals surface area contributed by atoms with Crippen molar-refractivity contribution in [3.63, 3.8) is 0 Å². The van der Waals surface area contributed by atoms with Crippen LogP contribution in [0.25, 0.3) is 0 Å². The summed E-state index contributed by atoms with van der Waals surface area (Å²) >= 11 is 1.62. The Morgan fingerprint density at radius 1 is 1.22 bits per heavy atom. The van der Waals surface area contributed by atoms with E-state index in [-0.39, 0.29) is 5.69 Å². The van der Waals surface area contributed by atoms with Gasteiger partial charge >= 0.3 is 12.3 Å². The molecule has 100 valence electrons. The number of benzene rings is 1. The van der Waals surface area contributed by atoms with Gasteiger partial charge in [0.25, 0.3) is 0 Å². The first-order valence-corrected chi connectivity index (χ1v) is 7.06. The number of alkyl halides is 3. The third-order valence-corrected chi connectivity index (χ3v) is 4.92. The van der Waals surface area contributed by atoms with E-state index in [1.54, 1.807) is 0 Å². The fourth-order valence-electron chi connectivity index (χ4n) is 1.50. The molecule has 0 fully saturated rings. The quantitative estimate of drug-likeness (QED) is 0.669. The smallest absolute Gasteiger partial charge is 0.434 e. The second-order valence-corrected chi connectivity index (χ2v) is 5.27. The van der Waals surface area contributed by atoms with Gasteiger partial charge in [-0.2, -0.15) is 18.0 Å². The fourth-order valence-corrected chi connectivity index (χ4v) is 3.12. The summed E-state index contributed by atoms with van der Waals surface area (Å²) in [6.07, 6.45) is -3.02. The van der Waals surface area contributed by atoms with E-state index < -0.39 is 21.1 Å². The molecule has 0 atom stereocenters. The normalized spacial score (nSPS) is 12.5. The molecule has 1 aromatic carbocycles. The van der Waals surface area contributed by atoms with Crippen molar-refractivity contribution in [2.45, 2.75) is 6.18 Å². The molecule has 0 bridgehead atoms. The molecule has 3 nitrogen and oxygen atoms in total. The third kappa shape index (κ3) is 2.60. The summed E-state index contributed by atoms with van der Waals surface area (Å²) in [7, 11) is 0. The highest BCUT2D eigenvalue weighted by Gasteiger charge is 2.48. The molecule has 0 radical (unpaired) electrons. The molecule has 0 aliphatic rings. The van der Waals surface area contributed by atoms with Crippen LogP contribution in [0.5, 0.6) is 0 Å². The van der Waals surface area contributed by atoms with Crippen LogP contribution in [0.1, 0.15) is 5.56 Å². The average Bonchev–Trinajstić information content (AvgIpc) is 2.30. The van der Waals surface area contributed by atoms with Crippen LogP contribution in [-0.2, 0) is 6.18 Å². The second kappa shape index (κ2) is 5.41. The topological polar surface area (TPSA) is 37.3 Å². The lowest BCUT2D eigenvalue weighted by atomic mass is 10.1. The molecule has 8 heteroatoms. The number of nitrogens with zero attached hydrogens (tertiary/aromatic N) is 1. The van der Waals surface area contributed by atoms with Gasteiger partial charge in [-0.05, 0) is 6.07 Å². The summed E-state index contributed by atoms with van der Waals surface area (Å²) in [4.78, 5) is 11.3. The van der Waals surface area contributed by atoms with Crippen LogP contribution >= 0.6 is 23.9 Å². The van der Waals surface area contributed by atoms with Crippen LogP contribution in [0.3, 0.4) is 0 Å². The summed E-state index contributed by atoms with van der Waals surface area (Å²) in [5, 5.41) is 9.23. The van der Waals surface area contributed by atoms with E-state index in [1.165, 1.54) is 30.7 Å². The van der Waals surface area contributed by atoms with Crippen LogP contribution in [0.2, 0.25) is 0 Å². The van der Waals surface area contributed by atoms with E-state index in [9.17, 15) is 23.1 Å². The molecule has 1 N–H and O–H groups in total. The molecule has 0 aliphatic carbocycles. The highest BCUT2D eigenvalue weighted by atomic mass is 32.2.